The van der Waals surface area contributed by atoms with Crippen LogP contribution in [0.2, 0.25) is 0 Å². The van der Waals surface area contributed by atoms with E-state index in [1.807, 2.05) is 12.1 Å². The van der Waals surface area contributed by atoms with Crippen molar-refractivity contribution >= 4 is 32.6 Å². The maximum Gasteiger partial charge on any atom is 0.226 e. The molecule has 8 heteroatoms. The Balaban J connectivity index is 1.44. The number of amides is 1. The number of benzene rings is 1. The van der Waals surface area contributed by atoms with E-state index in [9.17, 15) is 9.18 Å². The fourth-order valence-electron chi connectivity index (χ4n) is 2.67. The fraction of sp³-hybridized carbons (Fsp3) is 0.278. The average molecular weight is 373 g/mol. The first-order valence-corrected chi connectivity index (χ1v) is 9.08. The second kappa shape index (κ2) is 7.25. The van der Waals surface area contributed by atoms with Crippen molar-refractivity contribution < 1.29 is 18.7 Å². The predicted octanol–water partition coefficient (Wildman–Crippen LogP) is 3.56. The monoisotopic (exact) mass is 373 g/mol. The number of aromatic nitrogens is 2. The van der Waals surface area contributed by atoms with Gasteiger partial charge in [-0.1, -0.05) is 11.3 Å². The molecule has 1 aliphatic heterocycles. The van der Waals surface area contributed by atoms with Crippen molar-refractivity contribution in [3.8, 4) is 11.5 Å². The zero-order chi connectivity index (χ0) is 17.9. The van der Waals surface area contributed by atoms with Crippen LogP contribution in [0.15, 0.2) is 30.6 Å². The number of ether oxygens (including phenoxy) is 2. The molecule has 134 valence electrons. The molecule has 6 nitrogen and oxygen atoms in total. The first-order valence-electron chi connectivity index (χ1n) is 8.27. The number of hydrogen-bond acceptors (Lipinski definition) is 6. The van der Waals surface area contributed by atoms with E-state index < -0.39 is 5.82 Å². The maximum atomic E-state index is 13.1. The lowest BCUT2D eigenvalue weighted by atomic mass is 10.1. The third-order valence-corrected chi connectivity index (χ3v) is 4.84. The number of aryl methyl sites for hydroxylation is 1. The molecule has 0 bridgehead atoms. The Hall–Kier alpha value is -2.74. The Labute approximate surface area is 153 Å². The van der Waals surface area contributed by atoms with Gasteiger partial charge in [0.1, 0.15) is 5.82 Å². The highest BCUT2D eigenvalue weighted by molar-refractivity contribution is 7.22. The highest BCUT2D eigenvalue weighted by Crippen LogP contribution is 2.37. The lowest BCUT2D eigenvalue weighted by Crippen LogP contribution is -2.12. The molecule has 0 radical (unpaired) electrons. The molecule has 1 amide bonds. The van der Waals surface area contributed by atoms with E-state index in [4.69, 9.17) is 9.47 Å². The molecular weight excluding hydrogens is 357 g/mol. The Bertz CT molecular complexity index is 917. The second-order valence-corrected chi connectivity index (χ2v) is 6.93. The number of nitrogens with zero attached hydrogens (tertiary/aromatic N) is 2. The van der Waals surface area contributed by atoms with Crippen LogP contribution < -0.4 is 14.8 Å². The van der Waals surface area contributed by atoms with Crippen LogP contribution in [-0.4, -0.2) is 29.1 Å². The van der Waals surface area contributed by atoms with Crippen molar-refractivity contribution in [2.45, 2.75) is 19.3 Å². The van der Waals surface area contributed by atoms with Crippen LogP contribution in [-0.2, 0) is 11.2 Å². The number of carbonyl (C=O) groups excluding carboxylic acids is 1. The van der Waals surface area contributed by atoms with Gasteiger partial charge in [0.15, 0.2) is 16.6 Å². The fourth-order valence-corrected chi connectivity index (χ4v) is 3.56. The number of nitrogens with one attached hydrogen (secondary N) is 1. The summed E-state index contributed by atoms with van der Waals surface area (Å²) >= 11 is 1.38. The topological polar surface area (TPSA) is 73.3 Å². The van der Waals surface area contributed by atoms with Crippen molar-refractivity contribution in [1.29, 1.82) is 0 Å². The van der Waals surface area contributed by atoms with Crippen molar-refractivity contribution in [2.24, 2.45) is 0 Å². The van der Waals surface area contributed by atoms with Crippen LogP contribution in [0.4, 0.5) is 9.52 Å². The van der Waals surface area contributed by atoms with E-state index in [0.29, 0.717) is 41.8 Å². The summed E-state index contributed by atoms with van der Waals surface area (Å²) in [5.41, 5.74) is 1.44. The quantitative estimate of drug-likeness (QED) is 0.757. The van der Waals surface area contributed by atoms with Crippen LogP contribution in [0.3, 0.4) is 0 Å². The van der Waals surface area contributed by atoms with Crippen molar-refractivity contribution in [3.05, 3.63) is 42.0 Å². The standard InChI is InChI=1S/C18H16FN3O3S/c19-12-6-11(9-20-10-12)2-3-17(23)22-18-21-13-7-14-15(8-16(13)26-18)25-5-1-4-24-14/h6-10H,1-5H2,(H,21,22,23). The molecule has 0 spiro atoms. The summed E-state index contributed by atoms with van der Waals surface area (Å²) in [5.74, 6) is 0.799. The molecule has 0 saturated carbocycles. The molecular formula is C18H16FN3O3S. The minimum Gasteiger partial charge on any atom is -0.490 e. The van der Waals surface area contributed by atoms with Gasteiger partial charge in [0, 0.05) is 31.2 Å². The Morgan fingerprint density at radius 2 is 2.00 bits per heavy atom. The first-order chi connectivity index (χ1) is 12.7. The Morgan fingerprint density at radius 1 is 1.19 bits per heavy atom. The summed E-state index contributed by atoms with van der Waals surface area (Å²) in [7, 11) is 0. The van der Waals surface area contributed by atoms with Gasteiger partial charge in [-0.05, 0) is 18.1 Å². The van der Waals surface area contributed by atoms with Gasteiger partial charge in [-0.3, -0.25) is 9.78 Å². The molecule has 0 atom stereocenters. The molecule has 0 aliphatic carbocycles. The number of halogens is 1. The zero-order valence-electron chi connectivity index (χ0n) is 13.8. The molecule has 4 rings (SSSR count). The van der Waals surface area contributed by atoms with Gasteiger partial charge in [0.05, 0.1) is 29.6 Å². The molecule has 0 fully saturated rings. The number of thiazole rings is 1. The molecule has 1 aromatic carbocycles. The molecule has 3 aromatic rings. The second-order valence-electron chi connectivity index (χ2n) is 5.90. The summed E-state index contributed by atoms with van der Waals surface area (Å²) in [6, 6.07) is 5.10. The smallest absolute Gasteiger partial charge is 0.226 e. The van der Waals surface area contributed by atoms with Crippen molar-refractivity contribution in [3.63, 3.8) is 0 Å². The maximum absolute atomic E-state index is 13.1. The van der Waals surface area contributed by atoms with Gasteiger partial charge in [-0.25, -0.2) is 9.37 Å². The van der Waals surface area contributed by atoms with Gasteiger partial charge < -0.3 is 14.8 Å². The van der Waals surface area contributed by atoms with Gasteiger partial charge in [0.25, 0.3) is 0 Å². The minimum atomic E-state index is -0.404. The van der Waals surface area contributed by atoms with Gasteiger partial charge >= 0.3 is 0 Å². The van der Waals surface area contributed by atoms with Gasteiger partial charge in [-0.2, -0.15) is 0 Å². The Morgan fingerprint density at radius 3 is 2.81 bits per heavy atom. The van der Waals surface area contributed by atoms with Crippen LogP contribution in [0, 0.1) is 5.82 Å². The number of anilines is 1. The van der Waals surface area contributed by atoms with E-state index in [1.54, 1.807) is 6.20 Å². The molecule has 26 heavy (non-hydrogen) atoms. The van der Waals surface area contributed by atoms with Crippen LogP contribution >= 0.6 is 11.3 Å². The lowest BCUT2D eigenvalue weighted by Gasteiger charge is -2.05. The average Bonchev–Trinajstić information content (AvgIpc) is 2.85. The highest BCUT2D eigenvalue weighted by atomic mass is 32.1. The van der Waals surface area contributed by atoms with Crippen molar-refractivity contribution in [1.82, 2.24) is 9.97 Å². The highest BCUT2D eigenvalue weighted by Gasteiger charge is 2.15. The minimum absolute atomic E-state index is 0.178. The number of fused-ring (bicyclic) bond motifs is 2. The molecule has 1 aliphatic rings. The number of rotatable bonds is 4. The van der Waals surface area contributed by atoms with Crippen LogP contribution in [0.25, 0.3) is 10.2 Å². The lowest BCUT2D eigenvalue weighted by molar-refractivity contribution is -0.116. The first kappa shape index (κ1) is 16.7. The summed E-state index contributed by atoms with van der Waals surface area (Å²) in [4.78, 5) is 20.4. The summed E-state index contributed by atoms with van der Waals surface area (Å²) in [5, 5.41) is 3.31. The molecule has 0 saturated heterocycles. The normalized spacial score (nSPS) is 13.4. The summed E-state index contributed by atoms with van der Waals surface area (Å²) in [6.07, 6.45) is 4.18. The third-order valence-electron chi connectivity index (χ3n) is 3.91. The molecule has 3 heterocycles. The molecule has 0 unspecified atom stereocenters. The van der Waals surface area contributed by atoms with E-state index >= 15 is 0 Å². The van der Waals surface area contributed by atoms with Crippen LogP contribution in [0.5, 0.6) is 11.5 Å². The number of hydrogen-bond donors (Lipinski definition) is 1. The summed E-state index contributed by atoms with van der Waals surface area (Å²) < 4.78 is 25.4. The molecule has 1 N–H and O–H groups in total. The summed E-state index contributed by atoms with van der Waals surface area (Å²) in [6.45, 7) is 1.23. The van der Waals surface area contributed by atoms with Gasteiger partial charge in [0.2, 0.25) is 5.91 Å². The van der Waals surface area contributed by atoms with Crippen LogP contribution in [0.1, 0.15) is 18.4 Å². The van der Waals surface area contributed by atoms with Gasteiger partial charge in [-0.15, -0.1) is 0 Å². The number of carbonyl (C=O) groups is 1. The molecule has 2 aromatic heterocycles. The third kappa shape index (κ3) is 3.75. The van der Waals surface area contributed by atoms with E-state index in [2.05, 4.69) is 15.3 Å². The predicted molar refractivity (Wildman–Crippen MR) is 96.4 cm³/mol. The largest absolute Gasteiger partial charge is 0.490 e. The SMILES string of the molecule is O=C(CCc1cncc(F)c1)Nc1nc2cc3c(cc2s1)OCCCO3. The Kier molecular flexibility index (Phi) is 4.66. The zero-order valence-corrected chi connectivity index (χ0v) is 14.6. The number of pyridine rings is 1. The van der Waals surface area contributed by atoms with E-state index in [1.165, 1.54) is 17.4 Å². The van der Waals surface area contributed by atoms with Crippen molar-refractivity contribution in [2.75, 3.05) is 18.5 Å². The van der Waals surface area contributed by atoms with E-state index in [0.717, 1.165) is 22.8 Å². The van der Waals surface area contributed by atoms with E-state index in [-0.39, 0.29) is 12.3 Å².